The third kappa shape index (κ3) is 5.29. The molecule has 3 N–H and O–H groups in total. The summed E-state index contributed by atoms with van der Waals surface area (Å²) in [5, 5.41) is 3.14. The van der Waals surface area contributed by atoms with Gasteiger partial charge in [-0.15, -0.1) is 0 Å². The van der Waals surface area contributed by atoms with E-state index >= 15 is 0 Å². The lowest BCUT2D eigenvalue weighted by atomic mass is 9.86. The van der Waals surface area contributed by atoms with Gasteiger partial charge in [-0.25, -0.2) is 0 Å². The van der Waals surface area contributed by atoms with Crippen molar-refractivity contribution in [3.8, 4) is 5.75 Å². The summed E-state index contributed by atoms with van der Waals surface area (Å²) >= 11 is 0. The van der Waals surface area contributed by atoms with Crippen LogP contribution in [0.15, 0.2) is 23.2 Å². The molecule has 0 saturated carbocycles. The van der Waals surface area contributed by atoms with Gasteiger partial charge in [-0.2, -0.15) is 0 Å². The van der Waals surface area contributed by atoms with Gasteiger partial charge in [-0.3, -0.25) is 4.99 Å². The number of aliphatic imine (C=N–C) groups is 1. The number of amidine groups is 1. The molecule has 0 spiro atoms. The Morgan fingerprint density at radius 3 is 2.57 bits per heavy atom. The van der Waals surface area contributed by atoms with Crippen molar-refractivity contribution in [2.75, 3.05) is 26.0 Å². The van der Waals surface area contributed by atoms with Gasteiger partial charge in [0.1, 0.15) is 11.6 Å². The molecule has 1 aromatic carbocycles. The second-order valence-electron chi connectivity index (χ2n) is 6.72. The van der Waals surface area contributed by atoms with Crippen molar-refractivity contribution < 1.29 is 4.74 Å². The van der Waals surface area contributed by atoms with Crippen LogP contribution in [0.2, 0.25) is 0 Å². The van der Waals surface area contributed by atoms with E-state index in [1.165, 1.54) is 0 Å². The van der Waals surface area contributed by atoms with Gasteiger partial charge in [0.25, 0.3) is 0 Å². The fourth-order valence-corrected chi connectivity index (χ4v) is 2.57. The van der Waals surface area contributed by atoms with Crippen LogP contribution in [-0.2, 0) is 0 Å². The topological polar surface area (TPSA) is 59.6 Å². The summed E-state index contributed by atoms with van der Waals surface area (Å²) in [7, 11) is 3.56. The Hall–Kier alpha value is -1.71. The number of anilines is 1. The molecule has 0 amide bonds. The van der Waals surface area contributed by atoms with Crippen LogP contribution in [0.3, 0.4) is 0 Å². The van der Waals surface area contributed by atoms with Crippen molar-refractivity contribution >= 4 is 11.5 Å². The zero-order valence-electron chi connectivity index (χ0n) is 14.2. The largest absolute Gasteiger partial charge is 0.492 e. The Balaban J connectivity index is 2.89. The average molecular weight is 291 g/mol. The predicted octanol–water partition coefficient (Wildman–Crippen LogP) is 3.51. The lowest BCUT2D eigenvalue weighted by Crippen LogP contribution is -2.20. The van der Waals surface area contributed by atoms with Gasteiger partial charge in [0.15, 0.2) is 0 Å². The van der Waals surface area contributed by atoms with Gasteiger partial charge in [0.05, 0.1) is 12.2 Å². The van der Waals surface area contributed by atoms with Crippen molar-refractivity contribution in [1.29, 1.82) is 0 Å². The van der Waals surface area contributed by atoms with Gasteiger partial charge in [-0.1, -0.05) is 33.8 Å². The van der Waals surface area contributed by atoms with Crippen LogP contribution in [0, 0.1) is 11.3 Å². The molecule has 0 fully saturated rings. The maximum absolute atomic E-state index is 6.01. The van der Waals surface area contributed by atoms with Gasteiger partial charge in [0.2, 0.25) is 0 Å². The zero-order chi connectivity index (χ0) is 16.0. The summed E-state index contributed by atoms with van der Waals surface area (Å²) in [5.41, 5.74) is 8.09. The van der Waals surface area contributed by atoms with E-state index in [9.17, 15) is 0 Å². The third-order valence-corrected chi connectivity index (χ3v) is 3.28. The molecule has 1 atom stereocenters. The molecule has 0 aliphatic carbocycles. The van der Waals surface area contributed by atoms with Crippen molar-refractivity contribution in [2.45, 2.75) is 34.1 Å². The molecule has 4 heteroatoms. The number of nitrogens with two attached hydrogens (primary N) is 1. The third-order valence-electron chi connectivity index (χ3n) is 3.28. The van der Waals surface area contributed by atoms with E-state index in [-0.39, 0.29) is 0 Å². The second-order valence-corrected chi connectivity index (χ2v) is 6.72. The molecule has 0 radical (unpaired) electrons. The summed E-state index contributed by atoms with van der Waals surface area (Å²) in [4.78, 5) is 4.09. The lowest BCUT2D eigenvalue weighted by molar-refractivity contribution is 0.207. The molecule has 0 aliphatic rings. The van der Waals surface area contributed by atoms with E-state index in [0.717, 1.165) is 23.4 Å². The Morgan fingerprint density at radius 1 is 1.38 bits per heavy atom. The first-order valence-electron chi connectivity index (χ1n) is 7.44. The van der Waals surface area contributed by atoms with E-state index in [1.807, 2.05) is 25.2 Å². The molecule has 1 unspecified atom stereocenters. The van der Waals surface area contributed by atoms with E-state index in [0.29, 0.717) is 23.8 Å². The summed E-state index contributed by atoms with van der Waals surface area (Å²) in [6.45, 7) is 9.63. The lowest BCUT2D eigenvalue weighted by Gasteiger charge is -2.24. The molecule has 1 rings (SSSR count). The molecule has 0 aliphatic heterocycles. The summed E-state index contributed by atoms with van der Waals surface area (Å²) in [6.07, 6.45) is 1.12. The van der Waals surface area contributed by atoms with Crippen molar-refractivity contribution in [3.05, 3.63) is 23.8 Å². The number of nitrogens with one attached hydrogen (secondary N) is 1. The van der Waals surface area contributed by atoms with Crippen LogP contribution < -0.4 is 15.8 Å². The SMILES string of the molecule is C/N=C(/N)c1c(NC)cccc1OCC(C)CC(C)(C)C. The fraction of sp³-hybridized carbons (Fsp3) is 0.588. The van der Waals surface area contributed by atoms with Gasteiger partial charge >= 0.3 is 0 Å². The van der Waals surface area contributed by atoms with Crippen LogP contribution in [0.25, 0.3) is 0 Å². The molecule has 0 aromatic heterocycles. The highest BCUT2D eigenvalue weighted by molar-refractivity contribution is 6.04. The number of benzene rings is 1. The van der Waals surface area contributed by atoms with Crippen LogP contribution in [0.4, 0.5) is 5.69 Å². The van der Waals surface area contributed by atoms with Gasteiger partial charge in [-0.05, 0) is 29.9 Å². The Morgan fingerprint density at radius 2 is 2.05 bits per heavy atom. The van der Waals surface area contributed by atoms with E-state index in [2.05, 4.69) is 38.0 Å². The van der Waals surface area contributed by atoms with E-state index in [1.54, 1.807) is 7.05 Å². The fourth-order valence-electron chi connectivity index (χ4n) is 2.57. The maximum atomic E-state index is 6.01. The molecular formula is C17H29N3O. The standard InChI is InChI=1S/C17H29N3O/c1-12(10-17(2,3)4)11-21-14-9-7-8-13(19-5)15(14)16(18)20-6/h7-9,12,19H,10-11H2,1-6H3,(H2,18,20). The zero-order valence-corrected chi connectivity index (χ0v) is 14.2. The number of hydrogen-bond acceptors (Lipinski definition) is 3. The van der Waals surface area contributed by atoms with Crippen LogP contribution >= 0.6 is 0 Å². The quantitative estimate of drug-likeness (QED) is 0.623. The highest BCUT2D eigenvalue weighted by atomic mass is 16.5. The molecule has 21 heavy (non-hydrogen) atoms. The van der Waals surface area contributed by atoms with Crippen molar-refractivity contribution in [1.82, 2.24) is 0 Å². The molecule has 1 aromatic rings. The van der Waals surface area contributed by atoms with Crippen LogP contribution in [0.5, 0.6) is 5.75 Å². The summed E-state index contributed by atoms with van der Waals surface area (Å²) in [5.74, 6) is 1.75. The first kappa shape index (κ1) is 17.3. The predicted molar refractivity (Wildman–Crippen MR) is 91.4 cm³/mol. The number of rotatable bonds is 6. The monoisotopic (exact) mass is 291 g/mol. The molecule has 0 saturated heterocycles. The Labute approximate surface area is 128 Å². The second kappa shape index (κ2) is 7.34. The van der Waals surface area contributed by atoms with Gasteiger partial charge in [0, 0.05) is 19.8 Å². The van der Waals surface area contributed by atoms with Crippen molar-refractivity contribution in [3.63, 3.8) is 0 Å². The van der Waals surface area contributed by atoms with Crippen LogP contribution in [-0.4, -0.2) is 26.5 Å². The first-order valence-corrected chi connectivity index (χ1v) is 7.44. The van der Waals surface area contributed by atoms with E-state index < -0.39 is 0 Å². The molecular weight excluding hydrogens is 262 g/mol. The smallest absolute Gasteiger partial charge is 0.132 e. The normalized spacial score (nSPS) is 13.9. The van der Waals surface area contributed by atoms with E-state index in [4.69, 9.17) is 10.5 Å². The van der Waals surface area contributed by atoms with Crippen molar-refractivity contribution in [2.24, 2.45) is 22.1 Å². The van der Waals surface area contributed by atoms with Crippen LogP contribution in [0.1, 0.15) is 39.7 Å². The number of hydrogen-bond donors (Lipinski definition) is 2. The summed E-state index contributed by atoms with van der Waals surface area (Å²) < 4.78 is 6.01. The molecule has 0 bridgehead atoms. The molecule has 4 nitrogen and oxygen atoms in total. The molecule has 0 heterocycles. The minimum atomic E-state index is 0.308. The Bertz CT molecular complexity index is 489. The highest BCUT2D eigenvalue weighted by Gasteiger charge is 2.17. The Kier molecular flexibility index (Phi) is 6.06. The van der Waals surface area contributed by atoms with Gasteiger partial charge < -0.3 is 15.8 Å². The minimum absolute atomic E-state index is 0.308. The average Bonchev–Trinajstić information content (AvgIpc) is 2.41. The number of ether oxygens (including phenoxy) is 1. The minimum Gasteiger partial charge on any atom is -0.492 e. The number of nitrogens with zero attached hydrogens (tertiary/aromatic N) is 1. The first-order chi connectivity index (χ1) is 9.78. The molecule has 118 valence electrons. The highest BCUT2D eigenvalue weighted by Crippen LogP contribution is 2.28. The summed E-state index contributed by atoms with van der Waals surface area (Å²) in [6, 6.07) is 5.87. The maximum Gasteiger partial charge on any atom is 0.132 e.